The molecule has 1 aliphatic rings. The monoisotopic (exact) mass is 285 g/mol. The first-order valence-corrected chi connectivity index (χ1v) is 7.35. The Bertz CT molecular complexity index is 339. The molecule has 6 nitrogen and oxygen atoms in total. The summed E-state index contributed by atoms with van der Waals surface area (Å²) in [5, 5.41) is 14.9. The minimum atomic E-state index is -0.607. The molecule has 0 aromatic rings. The van der Waals surface area contributed by atoms with Crippen LogP contribution in [0.5, 0.6) is 0 Å². The standard InChI is InChI=1S/C14H27N3O3/c1-10(2)12(15)13(20)16-8-11(19)17-14(9-18)6-4-3-5-7-14/h10,12,18H,3-9,15H2,1-2H3,(H,16,20)(H,17,19)/t12-/m0/s1. The van der Waals surface area contributed by atoms with Gasteiger partial charge in [0.25, 0.3) is 0 Å². The van der Waals surface area contributed by atoms with E-state index in [1.165, 1.54) is 0 Å². The molecule has 0 aliphatic heterocycles. The van der Waals surface area contributed by atoms with Crippen LogP contribution in [0.3, 0.4) is 0 Å². The third kappa shape index (κ3) is 4.76. The highest BCUT2D eigenvalue weighted by atomic mass is 16.3. The first kappa shape index (κ1) is 16.9. The third-order valence-corrected chi connectivity index (χ3v) is 3.96. The van der Waals surface area contributed by atoms with Crippen molar-refractivity contribution < 1.29 is 14.7 Å². The van der Waals surface area contributed by atoms with E-state index in [-0.39, 0.29) is 30.9 Å². The molecular weight excluding hydrogens is 258 g/mol. The Kier molecular flexibility index (Phi) is 6.42. The highest BCUT2D eigenvalue weighted by Gasteiger charge is 2.32. The van der Waals surface area contributed by atoms with Crippen molar-refractivity contribution in [2.24, 2.45) is 11.7 Å². The zero-order valence-corrected chi connectivity index (χ0v) is 12.4. The molecule has 1 aliphatic carbocycles. The van der Waals surface area contributed by atoms with Crippen molar-refractivity contribution >= 4 is 11.8 Å². The predicted molar refractivity (Wildman–Crippen MR) is 76.9 cm³/mol. The van der Waals surface area contributed by atoms with Crippen LogP contribution in [-0.4, -0.2) is 41.7 Å². The van der Waals surface area contributed by atoms with E-state index in [4.69, 9.17) is 5.73 Å². The van der Waals surface area contributed by atoms with Crippen LogP contribution in [0.2, 0.25) is 0 Å². The van der Waals surface area contributed by atoms with Crippen LogP contribution in [0.15, 0.2) is 0 Å². The largest absolute Gasteiger partial charge is 0.394 e. The van der Waals surface area contributed by atoms with Crippen molar-refractivity contribution in [2.75, 3.05) is 13.2 Å². The second kappa shape index (κ2) is 7.59. The van der Waals surface area contributed by atoms with Gasteiger partial charge in [0.2, 0.25) is 11.8 Å². The van der Waals surface area contributed by atoms with Gasteiger partial charge in [-0.25, -0.2) is 0 Å². The van der Waals surface area contributed by atoms with E-state index in [1.807, 2.05) is 13.8 Å². The molecule has 0 aromatic carbocycles. The number of carbonyl (C=O) groups is 2. The van der Waals surface area contributed by atoms with Gasteiger partial charge in [-0.2, -0.15) is 0 Å². The maximum atomic E-state index is 11.9. The first-order valence-electron chi connectivity index (χ1n) is 7.35. The molecule has 0 heterocycles. The molecule has 0 radical (unpaired) electrons. The fraction of sp³-hybridized carbons (Fsp3) is 0.857. The molecule has 0 bridgehead atoms. The molecule has 0 unspecified atom stereocenters. The molecule has 1 saturated carbocycles. The molecule has 0 aromatic heterocycles. The van der Waals surface area contributed by atoms with Crippen molar-refractivity contribution in [3.8, 4) is 0 Å². The van der Waals surface area contributed by atoms with Crippen LogP contribution >= 0.6 is 0 Å². The summed E-state index contributed by atoms with van der Waals surface area (Å²) < 4.78 is 0. The Morgan fingerprint density at radius 3 is 2.35 bits per heavy atom. The van der Waals surface area contributed by atoms with E-state index in [2.05, 4.69) is 10.6 Å². The number of nitrogens with one attached hydrogen (secondary N) is 2. The van der Waals surface area contributed by atoms with E-state index < -0.39 is 11.6 Å². The number of rotatable bonds is 6. The zero-order valence-electron chi connectivity index (χ0n) is 12.4. The number of aliphatic hydroxyl groups excluding tert-OH is 1. The molecule has 1 atom stereocenters. The van der Waals surface area contributed by atoms with Gasteiger partial charge in [-0.15, -0.1) is 0 Å². The number of amides is 2. The van der Waals surface area contributed by atoms with Crippen LogP contribution in [0.4, 0.5) is 0 Å². The van der Waals surface area contributed by atoms with Crippen LogP contribution in [0, 0.1) is 5.92 Å². The van der Waals surface area contributed by atoms with E-state index in [0.29, 0.717) is 0 Å². The normalized spacial score (nSPS) is 19.4. The smallest absolute Gasteiger partial charge is 0.239 e. The van der Waals surface area contributed by atoms with E-state index in [9.17, 15) is 14.7 Å². The maximum absolute atomic E-state index is 11.9. The fourth-order valence-corrected chi connectivity index (χ4v) is 2.48. The SMILES string of the molecule is CC(C)[C@H](N)C(=O)NCC(=O)NC1(CO)CCCCC1. The van der Waals surface area contributed by atoms with Gasteiger partial charge in [0.05, 0.1) is 24.7 Å². The van der Waals surface area contributed by atoms with E-state index >= 15 is 0 Å². The molecule has 2 amide bonds. The molecule has 6 heteroatoms. The van der Waals surface area contributed by atoms with Gasteiger partial charge in [0.1, 0.15) is 0 Å². The number of aliphatic hydroxyl groups is 1. The van der Waals surface area contributed by atoms with Crippen molar-refractivity contribution in [1.82, 2.24) is 10.6 Å². The number of carbonyl (C=O) groups excluding carboxylic acids is 2. The van der Waals surface area contributed by atoms with E-state index in [1.54, 1.807) is 0 Å². The summed E-state index contributed by atoms with van der Waals surface area (Å²) in [4.78, 5) is 23.6. The second-order valence-electron chi connectivity index (χ2n) is 6.03. The lowest BCUT2D eigenvalue weighted by Crippen LogP contribution is -2.55. The molecule has 0 saturated heterocycles. The first-order chi connectivity index (χ1) is 9.40. The molecule has 0 spiro atoms. The Hall–Kier alpha value is -1.14. The number of hydrogen-bond acceptors (Lipinski definition) is 4. The lowest BCUT2D eigenvalue weighted by Gasteiger charge is -2.36. The highest BCUT2D eigenvalue weighted by molar-refractivity contribution is 5.87. The second-order valence-corrected chi connectivity index (χ2v) is 6.03. The predicted octanol–water partition coefficient (Wildman–Crippen LogP) is -0.103. The summed E-state index contributed by atoms with van der Waals surface area (Å²) in [6, 6.07) is -0.607. The Labute approximate surface area is 120 Å². The van der Waals surface area contributed by atoms with Crippen LogP contribution in [0.1, 0.15) is 46.0 Å². The number of hydrogen-bond donors (Lipinski definition) is 4. The maximum Gasteiger partial charge on any atom is 0.239 e. The van der Waals surface area contributed by atoms with Crippen LogP contribution in [-0.2, 0) is 9.59 Å². The topological polar surface area (TPSA) is 104 Å². The lowest BCUT2D eigenvalue weighted by molar-refractivity contribution is -0.128. The van der Waals surface area contributed by atoms with Crippen molar-refractivity contribution in [2.45, 2.75) is 57.5 Å². The molecule has 116 valence electrons. The molecular formula is C14H27N3O3. The minimum absolute atomic E-state index is 0.0280. The van der Waals surface area contributed by atoms with Crippen molar-refractivity contribution in [3.05, 3.63) is 0 Å². The van der Waals surface area contributed by atoms with Gasteiger partial charge < -0.3 is 21.5 Å². The van der Waals surface area contributed by atoms with Gasteiger partial charge in [0.15, 0.2) is 0 Å². The summed E-state index contributed by atoms with van der Waals surface area (Å²) in [7, 11) is 0. The molecule has 1 fully saturated rings. The summed E-state index contributed by atoms with van der Waals surface area (Å²) in [5.74, 6) is -0.567. The van der Waals surface area contributed by atoms with Crippen molar-refractivity contribution in [3.63, 3.8) is 0 Å². The van der Waals surface area contributed by atoms with Crippen molar-refractivity contribution in [1.29, 1.82) is 0 Å². The van der Waals surface area contributed by atoms with Gasteiger partial charge in [-0.1, -0.05) is 33.1 Å². The highest BCUT2D eigenvalue weighted by Crippen LogP contribution is 2.27. The van der Waals surface area contributed by atoms with Crippen LogP contribution in [0.25, 0.3) is 0 Å². The van der Waals surface area contributed by atoms with Gasteiger partial charge in [-0.05, 0) is 18.8 Å². The number of nitrogens with two attached hydrogens (primary N) is 1. The fourth-order valence-electron chi connectivity index (χ4n) is 2.48. The van der Waals surface area contributed by atoms with Gasteiger partial charge in [-0.3, -0.25) is 9.59 Å². The average molecular weight is 285 g/mol. The van der Waals surface area contributed by atoms with Crippen LogP contribution < -0.4 is 16.4 Å². The Balaban J connectivity index is 2.41. The molecule has 5 N–H and O–H groups in total. The summed E-state index contributed by atoms with van der Waals surface area (Å²) in [6.45, 7) is 3.55. The summed E-state index contributed by atoms with van der Waals surface area (Å²) in [6.07, 6.45) is 4.72. The average Bonchev–Trinajstić information content (AvgIpc) is 2.44. The minimum Gasteiger partial charge on any atom is -0.394 e. The zero-order chi connectivity index (χ0) is 15.2. The van der Waals surface area contributed by atoms with E-state index in [0.717, 1.165) is 32.1 Å². The molecule has 20 heavy (non-hydrogen) atoms. The lowest BCUT2D eigenvalue weighted by atomic mass is 9.82. The van der Waals surface area contributed by atoms with Gasteiger partial charge >= 0.3 is 0 Å². The third-order valence-electron chi connectivity index (χ3n) is 3.96. The summed E-state index contributed by atoms with van der Waals surface area (Å²) in [5.41, 5.74) is 5.19. The van der Waals surface area contributed by atoms with Gasteiger partial charge in [0, 0.05) is 0 Å². The Morgan fingerprint density at radius 1 is 1.25 bits per heavy atom. The quantitative estimate of drug-likeness (QED) is 0.547. The summed E-state index contributed by atoms with van der Waals surface area (Å²) >= 11 is 0. The Morgan fingerprint density at radius 2 is 1.85 bits per heavy atom. The molecule has 1 rings (SSSR count).